The zero-order chi connectivity index (χ0) is 26.8. The number of carbonyl (C=O) groups is 2. The lowest BCUT2D eigenvalue weighted by atomic mass is 9.63. The van der Waals surface area contributed by atoms with Gasteiger partial charge in [0.05, 0.1) is 12.7 Å². The van der Waals surface area contributed by atoms with Crippen LogP contribution in [0.1, 0.15) is 77.9 Å². The number of esters is 1. The lowest BCUT2D eigenvalue weighted by molar-refractivity contribution is 0.0469. The Morgan fingerprint density at radius 2 is 1.51 bits per heavy atom. The SMILES string of the molecule is COc1cc2c(cc1C(=O)COc1ccc(C(=O)OCc3ccccc3)c(O)c1)C(C)(C)CCC2(C)C. The molecular formula is C31H34O6. The molecule has 0 unspecified atom stereocenters. The predicted octanol–water partition coefficient (Wildman–Crippen LogP) is 6.37. The molecule has 3 aromatic rings. The zero-order valence-electron chi connectivity index (χ0n) is 22.1. The zero-order valence-corrected chi connectivity index (χ0v) is 22.1. The summed E-state index contributed by atoms with van der Waals surface area (Å²) in [5, 5.41) is 10.4. The van der Waals surface area contributed by atoms with Gasteiger partial charge in [0.1, 0.15) is 29.4 Å². The molecule has 0 atom stereocenters. The van der Waals surface area contributed by atoms with Crippen LogP contribution < -0.4 is 9.47 Å². The van der Waals surface area contributed by atoms with Crippen molar-refractivity contribution in [3.8, 4) is 17.2 Å². The fourth-order valence-electron chi connectivity index (χ4n) is 4.78. The molecule has 1 N–H and O–H groups in total. The molecule has 3 aromatic carbocycles. The lowest BCUT2D eigenvalue weighted by Gasteiger charge is -2.42. The molecule has 0 radical (unpaired) electrons. The Morgan fingerprint density at radius 1 is 0.865 bits per heavy atom. The maximum absolute atomic E-state index is 13.2. The van der Waals surface area contributed by atoms with Gasteiger partial charge in [0, 0.05) is 6.07 Å². The van der Waals surface area contributed by atoms with E-state index in [4.69, 9.17) is 14.2 Å². The number of methoxy groups -OCH3 is 1. The van der Waals surface area contributed by atoms with E-state index in [1.54, 1.807) is 7.11 Å². The number of phenolic OH excluding ortho intramolecular Hbond substituents is 1. The summed E-state index contributed by atoms with van der Waals surface area (Å²) in [5.74, 6) is -0.363. The molecule has 0 saturated carbocycles. The first-order chi connectivity index (χ1) is 17.5. The maximum atomic E-state index is 13.2. The molecular weight excluding hydrogens is 468 g/mol. The Labute approximate surface area is 218 Å². The van der Waals surface area contributed by atoms with E-state index in [0.717, 1.165) is 24.0 Å². The van der Waals surface area contributed by atoms with Gasteiger partial charge >= 0.3 is 5.97 Å². The van der Waals surface area contributed by atoms with E-state index in [1.165, 1.54) is 23.8 Å². The molecule has 0 amide bonds. The number of rotatable bonds is 8. The first-order valence-electron chi connectivity index (χ1n) is 12.4. The van der Waals surface area contributed by atoms with E-state index in [-0.39, 0.29) is 46.9 Å². The molecule has 37 heavy (non-hydrogen) atoms. The first kappa shape index (κ1) is 26.3. The van der Waals surface area contributed by atoms with E-state index in [2.05, 4.69) is 27.7 Å². The Hall–Kier alpha value is -3.80. The van der Waals surface area contributed by atoms with Crippen LogP contribution in [0, 0.1) is 0 Å². The van der Waals surface area contributed by atoms with Gasteiger partial charge in [0.15, 0.2) is 6.61 Å². The highest BCUT2D eigenvalue weighted by Crippen LogP contribution is 2.47. The fourth-order valence-corrected chi connectivity index (χ4v) is 4.78. The second-order valence-electron chi connectivity index (χ2n) is 10.8. The Kier molecular flexibility index (Phi) is 7.30. The van der Waals surface area contributed by atoms with Crippen molar-refractivity contribution in [1.29, 1.82) is 0 Å². The summed E-state index contributed by atoms with van der Waals surface area (Å²) < 4.78 is 16.6. The molecule has 6 nitrogen and oxygen atoms in total. The van der Waals surface area contributed by atoms with Crippen LogP contribution in [-0.2, 0) is 22.2 Å². The van der Waals surface area contributed by atoms with Crippen molar-refractivity contribution in [2.45, 2.75) is 58.0 Å². The highest BCUT2D eigenvalue weighted by atomic mass is 16.5. The monoisotopic (exact) mass is 502 g/mol. The van der Waals surface area contributed by atoms with Crippen molar-refractivity contribution < 1.29 is 28.9 Å². The molecule has 194 valence electrons. The van der Waals surface area contributed by atoms with Crippen molar-refractivity contribution in [2.24, 2.45) is 0 Å². The normalized spacial score (nSPS) is 15.4. The molecule has 1 aliphatic rings. The highest BCUT2D eigenvalue weighted by Gasteiger charge is 2.38. The summed E-state index contributed by atoms with van der Waals surface area (Å²) in [7, 11) is 1.56. The first-order valence-corrected chi connectivity index (χ1v) is 12.4. The van der Waals surface area contributed by atoms with Gasteiger partial charge in [-0.15, -0.1) is 0 Å². The average molecular weight is 503 g/mol. The number of aromatic hydroxyl groups is 1. The average Bonchev–Trinajstić information content (AvgIpc) is 2.88. The van der Waals surface area contributed by atoms with Crippen LogP contribution in [0.4, 0.5) is 0 Å². The minimum Gasteiger partial charge on any atom is -0.507 e. The molecule has 0 aromatic heterocycles. The third kappa shape index (κ3) is 5.63. The quantitative estimate of drug-likeness (QED) is 0.285. The fraction of sp³-hybridized carbons (Fsp3) is 0.355. The van der Waals surface area contributed by atoms with Gasteiger partial charge in [-0.3, -0.25) is 4.79 Å². The van der Waals surface area contributed by atoms with Crippen molar-refractivity contribution in [1.82, 2.24) is 0 Å². The third-order valence-corrected chi connectivity index (χ3v) is 7.25. The number of ether oxygens (including phenoxy) is 3. The Morgan fingerprint density at radius 3 is 2.14 bits per heavy atom. The van der Waals surface area contributed by atoms with Crippen molar-refractivity contribution >= 4 is 11.8 Å². The molecule has 1 aliphatic carbocycles. The summed E-state index contributed by atoms with van der Waals surface area (Å²) in [6.45, 7) is 8.71. The van der Waals surface area contributed by atoms with E-state index in [0.29, 0.717) is 11.3 Å². The summed E-state index contributed by atoms with van der Waals surface area (Å²) in [6.07, 6.45) is 2.09. The van der Waals surface area contributed by atoms with E-state index in [1.807, 2.05) is 42.5 Å². The van der Waals surface area contributed by atoms with Gasteiger partial charge in [-0.05, 0) is 64.6 Å². The number of Topliss-reactive ketones (excluding diaryl/α,β-unsaturated/α-hetero) is 1. The highest BCUT2D eigenvalue weighted by molar-refractivity contribution is 6.00. The summed E-state index contributed by atoms with van der Waals surface area (Å²) >= 11 is 0. The van der Waals surface area contributed by atoms with Crippen LogP contribution in [0.3, 0.4) is 0 Å². The van der Waals surface area contributed by atoms with Crippen LogP contribution in [0.15, 0.2) is 60.7 Å². The summed E-state index contributed by atoms with van der Waals surface area (Å²) in [5.41, 5.74) is 3.65. The van der Waals surface area contributed by atoms with Crippen LogP contribution in [0.25, 0.3) is 0 Å². The smallest absolute Gasteiger partial charge is 0.342 e. The minimum absolute atomic E-state index is 0.00225. The number of benzene rings is 3. The Balaban J connectivity index is 1.47. The van der Waals surface area contributed by atoms with Crippen molar-refractivity contribution in [3.05, 3.63) is 88.5 Å². The van der Waals surface area contributed by atoms with Gasteiger partial charge in [-0.25, -0.2) is 4.79 Å². The van der Waals surface area contributed by atoms with Crippen molar-refractivity contribution in [2.75, 3.05) is 13.7 Å². The second kappa shape index (κ2) is 10.3. The van der Waals surface area contributed by atoms with Gasteiger partial charge < -0.3 is 19.3 Å². The predicted molar refractivity (Wildman–Crippen MR) is 142 cm³/mol. The van der Waals surface area contributed by atoms with Crippen LogP contribution >= 0.6 is 0 Å². The van der Waals surface area contributed by atoms with Gasteiger partial charge in [0.2, 0.25) is 5.78 Å². The van der Waals surface area contributed by atoms with Gasteiger partial charge in [-0.1, -0.05) is 58.0 Å². The standard InChI is InChI=1S/C31H34O6/c1-30(2)13-14-31(3,4)25-17-28(35-5)23(16-24(25)30)27(33)19-36-21-11-12-22(26(32)15-21)29(34)37-18-20-9-7-6-8-10-20/h6-12,15-17,32H,13-14,18-19H2,1-5H3. The lowest BCUT2D eigenvalue weighted by Crippen LogP contribution is -2.34. The van der Waals surface area contributed by atoms with Crippen LogP contribution in [0.2, 0.25) is 0 Å². The van der Waals surface area contributed by atoms with Gasteiger partial charge in [-0.2, -0.15) is 0 Å². The molecule has 0 fully saturated rings. The molecule has 0 bridgehead atoms. The Bertz CT molecular complexity index is 1310. The largest absolute Gasteiger partial charge is 0.507 e. The van der Waals surface area contributed by atoms with Crippen molar-refractivity contribution in [3.63, 3.8) is 0 Å². The molecule has 0 heterocycles. The molecule has 0 aliphatic heterocycles. The van der Waals surface area contributed by atoms with E-state index < -0.39 is 5.97 Å². The van der Waals surface area contributed by atoms with Crippen LogP contribution in [-0.4, -0.2) is 30.6 Å². The molecule has 6 heteroatoms. The molecule has 0 spiro atoms. The molecule has 0 saturated heterocycles. The maximum Gasteiger partial charge on any atom is 0.342 e. The third-order valence-electron chi connectivity index (χ3n) is 7.25. The number of carbonyl (C=O) groups excluding carboxylic acids is 2. The van der Waals surface area contributed by atoms with Gasteiger partial charge in [0.25, 0.3) is 0 Å². The number of hydrogen-bond acceptors (Lipinski definition) is 6. The van der Waals surface area contributed by atoms with Crippen LogP contribution in [0.5, 0.6) is 17.2 Å². The number of fused-ring (bicyclic) bond motifs is 1. The topological polar surface area (TPSA) is 82.1 Å². The summed E-state index contributed by atoms with van der Waals surface area (Å²) in [4.78, 5) is 25.6. The number of ketones is 1. The number of hydrogen-bond donors (Lipinski definition) is 1. The number of phenols is 1. The van der Waals surface area contributed by atoms with E-state index >= 15 is 0 Å². The van der Waals surface area contributed by atoms with E-state index in [9.17, 15) is 14.7 Å². The molecule has 4 rings (SSSR count). The second-order valence-corrected chi connectivity index (χ2v) is 10.8. The summed E-state index contributed by atoms with van der Waals surface area (Å²) in [6, 6.07) is 17.5. The minimum atomic E-state index is -0.645.